The van der Waals surface area contributed by atoms with Gasteiger partial charge in [0.15, 0.2) is 6.07 Å². The highest BCUT2D eigenvalue weighted by Gasteiger charge is 2.22. The van der Waals surface area contributed by atoms with Gasteiger partial charge >= 0.3 is 5.97 Å². The molecule has 1 saturated heterocycles. The highest BCUT2D eigenvalue weighted by molar-refractivity contribution is 6.17. The summed E-state index contributed by atoms with van der Waals surface area (Å²) in [6, 6.07) is -0.157. The summed E-state index contributed by atoms with van der Waals surface area (Å²) in [5, 5.41) is 3.01. The Morgan fingerprint density at radius 1 is 1.80 bits per heavy atom. The van der Waals surface area contributed by atoms with Crippen molar-refractivity contribution >= 4 is 17.6 Å². The maximum Gasteiger partial charge on any atom is 0.324 e. The normalized spacial score (nSPS) is 24.7. The minimum atomic E-state index is -0.229. The molecule has 0 bridgehead atoms. The van der Waals surface area contributed by atoms with Gasteiger partial charge in [0.1, 0.15) is 6.04 Å². The molecule has 1 unspecified atom stereocenters. The van der Waals surface area contributed by atoms with Crippen LogP contribution in [0.4, 0.5) is 0 Å². The number of hydrogen-bond acceptors (Lipinski definition) is 3. The van der Waals surface area contributed by atoms with Gasteiger partial charge in [-0.15, -0.1) is 0 Å². The number of halogens is 1. The maximum atomic E-state index is 10.9. The monoisotopic (exact) mass is 163 g/mol. The first-order chi connectivity index (χ1) is 4.84. The fourth-order valence-electron chi connectivity index (χ4n) is 1.04. The average Bonchev–Trinajstić information content (AvgIpc) is 2.38. The van der Waals surface area contributed by atoms with Crippen LogP contribution in [-0.4, -0.2) is 24.6 Å². The number of hydrogen-bond donors (Lipinski definition) is 1. The van der Waals surface area contributed by atoms with Crippen molar-refractivity contribution in [2.75, 3.05) is 12.6 Å². The Balaban J connectivity index is 2.25. The molecule has 0 aromatic carbocycles. The summed E-state index contributed by atoms with van der Waals surface area (Å²) in [6.45, 7) is 0.905. The Morgan fingerprint density at radius 3 is 3.10 bits per heavy atom. The van der Waals surface area contributed by atoms with Gasteiger partial charge in [-0.1, -0.05) is 11.6 Å². The molecule has 1 atom stereocenters. The second kappa shape index (κ2) is 3.78. The third-order valence-corrected chi connectivity index (χ3v) is 1.65. The maximum absolute atomic E-state index is 10.9. The molecule has 1 N–H and O–H groups in total. The van der Waals surface area contributed by atoms with E-state index in [4.69, 9.17) is 11.6 Å². The van der Waals surface area contributed by atoms with Crippen molar-refractivity contribution in [3.05, 3.63) is 0 Å². The smallest absolute Gasteiger partial charge is 0.324 e. The first-order valence-electron chi connectivity index (χ1n) is 3.30. The highest BCUT2D eigenvalue weighted by Crippen LogP contribution is 2.06. The molecule has 4 heteroatoms. The lowest BCUT2D eigenvalue weighted by molar-refractivity contribution is -0.143. The van der Waals surface area contributed by atoms with Crippen LogP contribution in [0, 0.1) is 0 Å². The van der Waals surface area contributed by atoms with Gasteiger partial charge in [-0.3, -0.25) is 4.79 Å². The minimum Gasteiger partial charge on any atom is -0.448 e. The zero-order chi connectivity index (χ0) is 7.40. The summed E-state index contributed by atoms with van der Waals surface area (Å²) < 4.78 is 4.59. The van der Waals surface area contributed by atoms with E-state index in [2.05, 4.69) is 10.1 Å². The Kier molecular flexibility index (Phi) is 2.96. The Labute approximate surface area is 64.7 Å². The molecule has 0 aromatic rings. The molecule has 58 valence electrons. The van der Waals surface area contributed by atoms with E-state index in [0.717, 1.165) is 19.4 Å². The van der Waals surface area contributed by atoms with E-state index in [9.17, 15) is 4.79 Å². The lowest BCUT2D eigenvalue weighted by Gasteiger charge is -2.06. The van der Waals surface area contributed by atoms with E-state index in [-0.39, 0.29) is 18.1 Å². The van der Waals surface area contributed by atoms with Gasteiger partial charge in [0, 0.05) is 0 Å². The van der Waals surface area contributed by atoms with Crippen LogP contribution in [0.3, 0.4) is 0 Å². The number of carbonyl (C=O) groups excluding carboxylic acids is 1. The molecule has 10 heavy (non-hydrogen) atoms. The SMILES string of the molecule is O=C(OCCl)C1CCCN1. The van der Waals surface area contributed by atoms with E-state index in [0.29, 0.717) is 0 Å². The molecule has 1 fully saturated rings. The van der Waals surface area contributed by atoms with Gasteiger partial charge in [-0.05, 0) is 19.4 Å². The van der Waals surface area contributed by atoms with Crippen molar-refractivity contribution in [2.45, 2.75) is 18.9 Å². The first kappa shape index (κ1) is 7.82. The van der Waals surface area contributed by atoms with Crippen molar-refractivity contribution in [1.82, 2.24) is 5.32 Å². The highest BCUT2D eigenvalue weighted by atomic mass is 35.5. The van der Waals surface area contributed by atoms with Gasteiger partial charge in [0.2, 0.25) is 0 Å². The molecular weight excluding hydrogens is 154 g/mol. The van der Waals surface area contributed by atoms with Crippen molar-refractivity contribution in [3.63, 3.8) is 0 Å². The topological polar surface area (TPSA) is 38.3 Å². The summed E-state index contributed by atoms with van der Waals surface area (Å²) in [5.74, 6) is -0.229. The van der Waals surface area contributed by atoms with Crippen LogP contribution >= 0.6 is 11.6 Å². The van der Waals surface area contributed by atoms with Gasteiger partial charge in [0.25, 0.3) is 0 Å². The Morgan fingerprint density at radius 2 is 2.60 bits per heavy atom. The van der Waals surface area contributed by atoms with Crippen LogP contribution in [0.5, 0.6) is 0 Å². The van der Waals surface area contributed by atoms with E-state index < -0.39 is 0 Å². The predicted molar refractivity (Wildman–Crippen MR) is 37.8 cm³/mol. The Hall–Kier alpha value is -0.280. The molecule has 0 aromatic heterocycles. The van der Waals surface area contributed by atoms with Crippen LogP contribution in [0.1, 0.15) is 12.8 Å². The summed E-state index contributed by atoms with van der Waals surface area (Å²) >= 11 is 5.20. The van der Waals surface area contributed by atoms with Gasteiger partial charge in [-0.2, -0.15) is 0 Å². The second-order valence-corrected chi connectivity index (χ2v) is 2.44. The molecular formula is C6H10ClNO2. The van der Waals surface area contributed by atoms with Crippen LogP contribution in [0.25, 0.3) is 0 Å². The zero-order valence-electron chi connectivity index (χ0n) is 5.60. The van der Waals surface area contributed by atoms with Crippen molar-refractivity contribution in [2.24, 2.45) is 0 Å². The van der Waals surface area contributed by atoms with Crippen LogP contribution in [0.15, 0.2) is 0 Å². The quantitative estimate of drug-likeness (QED) is 0.475. The van der Waals surface area contributed by atoms with E-state index in [1.165, 1.54) is 0 Å². The number of nitrogens with one attached hydrogen (secondary N) is 1. The lowest BCUT2D eigenvalue weighted by Crippen LogP contribution is -2.32. The second-order valence-electron chi connectivity index (χ2n) is 2.22. The number of rotatable bonds is 2. The number of ether oxygens (including phenoxy) is 1. The zero-order valence-corrected chi connectivity index (χ0v) is 6.36. The lowest BCUT2D eigenvalue weighted by atomic mass is 10.2. The van der Waals surface area contributed by atoms with Gasteiger partial charge in [0.05, 0.1) is 0 Å². The predicted octanol–water partition coefficient (Wildman–Crippen LogP) is 0.478. The standard InChI is InChI=1S/C6H10ClNO2/c7-4-10-6(9)5-2-1-3-8-5/h5,8H,1-4H2. The van der Waals surface area contributed by atoms with E-state index in [1.807, 2.05) is 0 Å². The summed E-state index contributed by atoms with van der Waals surface area (Å²) in [6.07, 6.45) is 1.91. The molecule has 0 spiro atoms. The fraction of sp³-hybridized carbons (Fsp3) is 0.833. The average molecular weight is 164 g/mol. The van der Waals surface area contributed by atoms with Crippen LogP contribution in [-0.2, 0) is 9.53 Å². The van der Waals surface area contributed by atoms with Crippen molar-refractivity contribution < 1.29 is 9.53 Å². The van der Waals surface area contributed by atoms with Crippen molar-refractivity contribution in [3.8, 4) is 0 Å². The third kappa shape index (κ3) is 1.85. The minimum absolute atomic E-state index is 0.0446. The molecule has 1 aliphatic rings. The molecule has 0 amide bonds. The fourth-order valence-corrected chi connectivity index (χ4v) is 1.15. The first-order valence-corrected chi connectivity index (χ1v) is 3.84. The van der Waals surface area contributed by atoms with Crippen molar-refractivity contribution in [1.29, 1.82) is 0 Å². The number of carbonyl (C=O) groups is 1. The summed E-state index contributed by atoms with van der Waals surface area (Å²) in [5.41, 5.74) is 0. The number of esters is 1. The van der Waals surface area contributed by atoms with Gasteiger partial charge in [-0.25, -0.2) is 0 Å². The molecule has 1 aliphatic heterocycles. The third-order valence-electron chi connectivity index (χ3n) is 1.54. The van der Waals surface area contributed by atoms with Crippen LogP contribution in [0.2, 0.25) is 0 Å². The largest absolute Gasteiger partial charge is 0.448 e. The number of alkyl halides is 1. The molecule has 0 aliphatic carbocycles. The van der Waals surface area contributed by atoms with E-state index in [1.54, 1.807) is 0 Å². The van der Waals surface area contributed by atoms with Gasteiger partial charge < -0.3 is 10.1 Å². The molecule has 1 rings (SSSR count). The molecule has 0 radical (unpaired) electrons. The molecule has 0 saturated carbocycles. The summed E-state index contributed by atoms with van der Waals surface area (Å²) in [4.78, 5) is 10.9. The van der Waals surface area contributed by atoms with Crippen LogP contribution < -0.4 is 5.32 Å². The summed E-state index contributed by atoms with van der Waals surface area (Å²) in [7, 11) is 0. The Bertz CT molecular complexity index is 123. The molecule has 3 nitrogen and oxygen atoms in total. The van der Waals surface area contributed by atoms with E-state index >= 15 is 0 Å². The molecule has 1 heterocycles.